The van der Waals surface area contributed by atoms with Crippen LogP contribution in [0.25, 0.3) is 17.5 Å². The summed E-state index contributed by atoms with van der Waals surface area (Å²) in [7, 11) is 1.56. The molecule has 0 bridgehead atoms. The van der Waals surface area contributed by atoms with Crippen molar-refractivity contribution >= 4 is 17.8 Å². The van der Waals surface area contributed by atoms with Gasteiger partial charge in [0.15, 0.2) is 23.4 Å². The normalized spacial score (nSPS) is 13.1. The molecule has 8 nitrogen and oxygen atoms in total. The van der Waals surface area contributed by atoms with Gasteiger partial charge < -0.3 is 23.4 Å². The molecule has 1 aliphatic carbocycles. The van der Waals surface area contributed by atoms with Crippen molar-refractivity contribution in [3.05, 3.63) is 101 Å². The predicted molar refractivity (Wildman–Crippen MR) is 162 cm³/mol. The molecule has 4 aromatic rings. The molecule has 43 heavy (non-hydrogen) atoms. The maximum absolute atomic E-state index is 12.7. The van der Waals surface area contributed by atoms with Gasteiger partial charge in [-0.3, -0.25) is 4.79 Å². The zero-order valence-corrected chi connectivity index (χ0v) is 24.6. The Morgan fingerprint density at radius 1 is 1.02 bits per heavy atom. The van der Waals surface area contributed by atoms with E-state index in [2.05, 4.69) is 4.98 Å². The van der Waals surface area contributed by atoms with Gasteiger partial charge in [0.1, 0.15) is 23.8 Å². The Morgan fingerprint density at radius 2 is 1.79 bits per heavy atom. The highest BCUT2D eigenvalue weighted by molar-refractivity contribution is 6.01. The fraction of sp³-hybridized carbons (Fsp3) is 0.286. The predicted octanol–water partition coefficient (Wildman–Crippen LogP) is 7.17. The lowest BCUT2D eigenvalue weighted by Crippen LogP contribution is -2.29. The van der Waals surface area contributed by atoms with E-state index in [-0.39, 0.29) is 19.0 Å². The second-order valence-electron chi connectivity index (χ2n) is 10.1. The molecule has 1 heterocycles. The van der Waals surface area contributed by atoms with Gasteiger partial charge in [0.05, 0.1) is 13.7 Å². The lowest BCUT2D eigenvalue weighted by molar-refractivity contribution is -0.151. The number of carbonyl (C=O) groups is 2. The van der Waals surface area contributed by atoms with Gasteiger partial charge in [0, 0.05) is 23.1 Å². The number of benzene rings is 3. The Balaban J connectivity index is 1.31. The largest absolute Gasteiger partial charge is 0.493 e. The SMILES string of the molecule is CCOC(=O)C(CC/C=C/c1cc2c(cc1OCc1nc(-c3ccccc3)oc1C)C(=O)CC2)Oc1ccccc1OC. The maximum Gasteiger partial charge on any atom is 0.347 e. The number of ketones is 1. The minimum Gasteiger partial charge on any atom is -0.493 e. The summed E-state index contributed by atoms with van der Waals surface area (Å²) in [6.07, 6.45) is 5.25. The number of nitrogens with zero attached hydrogens (tertiary/aromatic N) is 1. The first-order chi connectivity index (χ1) is 21.0. The first-order valence-corrected chi connectivity index (χ1v) is 14.4. The number of fused-ring (bicyclic) bond motifs is 1. The minimum atomic E-state index is -0.803. The van der Waals surface area contributed by atoms with Gasteiger partial charge in [-0.15, -0.1) is 0 Å². The van der Waals surface area contributed by atoms with Gasteiger partial charge in [0.25, 0.3) is 0 Å². The Hall–Kier alpha value is -4.85. The van der Waals surface area contributed by atoms with Crippen LogP contribution >= 0.6 is 0 Å². The van der Waals surface area contributed by atoms with E-state index in [1.165, 1.54) is 0 Å². The standard InChI is InChI=1S/C35H35NO7/c1-4-40-35(38)32(43-31-16-11-10-15-30(31)39-3)17-9-8-14-26-20-25-18-19-29(37)27(25)21-33(26)41-22-28-23(2)42-34(36-28)24-12-6-5-7-13-24/h5-8,10-16,20-21,32H,4,9,17-19,22H2,1-3H3/b14-8+. The van der Waals surface area contributed by atoms with Crippen LogP contribution in [0.2, 0.25) is 0 Å². The summed E-state index contributed by atoms with van der Waals surface area (Å²) in [5, 5.41) is 0. The first-order valence-electron chi connectivity index (χ1n) is 14.4. The van der Waals surface area contributed by atoms with Crippen molar-refractivity contribution in [3.8, 4) is 28.7 Å². The molecule has 3 aromatic carbocycles. The molecule has 0 fully saturated rings. The van der Waals surface area contributed by atoms with E-state index < -0.39 is 12.1 Å². The van der Waals surface area contributed by atoms with Crippen LogP contribution in [-0.4, -0.2) is 36.6 Å². The second-order valence-corrected chi connectivity index (χ2v) is 10.1. The summed E-state index contributed by atoms with van der Waals surface area (Å²) in [5.41, 5.74) is 4.12. The van der Waals surface area contributed by atoms with E-state index in [1.54, 1.807) is 26.2 Å². The molecule has 1 aliphatic rings. The molecule has 0 saturated heterocycles. The monoisotopic (exact) mass is 581 g/mol. The highest BCUT2D eigenvalue weighted by Gasteiger charge is 2.24. The third-order valence-corrected chi connectivity index (χ3v) is 7.22. The Morgan fingerprint density at radius 3 is 2.56 bits per heavy atom. The number of hydrogen-bond donors (Lipinski definition) is 0. The van der Waals surface area contributed by atoms with E-state index in [4.69, 9.17) is 23.4 Å². The zero-order chi connectivity index (χ0) is 30.2. The third kappa shape index (κ3) is 7.15. The van der Waals surface area contributed by atoms with Crippen LogP contribution in [0, 0.1) is 6.92 Å². The van der Waals surface area contributed by atoms with Crippen LogP contribution in [0.5, 0.6) is 17.2 Å². The number of allylic oxidation sites excluding steroid dienone is 1. The van der Waals surface area contributed by atoms with E-state index in [0.29, 0.717) is 65.8 Å². The molecule has 222 valence electrons. The number of oxazole rings is 1. The molecule has 0 radical (unpaired) electrons. The van der Waals surface area contributed by atoms with Crippen LogP contribution in [-0.2, 0) is 22.6 Å². The van der Waals surface area contributed by atoms with Crippen LogP contribution in [0.4, 0.5) is 0 Å². The molecule has 1 aromatic heterocycles. The Kier molecular flexibility index (Phi) is 9.56. The summed E-state index contributed by atoms with van der Waals surface area (Å²) >= 11 is 0. The molecule has 1 atom stereocenters. The molecule has 0 saturated carbocycles. The maximum atomic E-state index is 12.7. The molecule has 0 N–H and O–H groups in total. The lowest BCUT2D eigenvalue weighted by Gasteiger charge is -2.18. The molecule has 5 rings (SSSR count). The van der Waals surface area contributed by atoms with Crippen molar-refractivity contribution in [1.82, 2.24) is 4.98 Å². The lowest BCUT2D eigenvalue weighted by atomic mass is 10.0. The summed E-state index contributed by atoms with van der Waals surface area (Å²) in [5.74, 6) is 2.50. The van der Waals surface area contributed by atoms with Gasteiger partial charge >= 0.3 is 5.97 Å². The van der Waals surface area contributed by atoms with Crippen LogP contribution < -0.4 is 14.2 Å². The number of para-hydroxylation sites is 2. The quantitative estimate of drug-likeness (QED) is 0.153. The highest BCUT2D eigenvalue weighted by Crippen LogP contribution is 2.33. The number of esters is 1. The zero-order valence-electron chi connectivity index (χ0n) is 24.6. The van der Waals surface area contributed by atoms with Crippen molar-refractivity contribution in [2.24, 2.45) is 0 Å². The summed E-state index contributed by atoms with van der Waals surface area (Å²) in [6, 6.07) is 20.7. The molecule has 0 amide bonds. The molecule has 8 heteroatoms. The molecular formula is C35H35NO7. The van der Waals surface area contributed by atoms with Crippen molar-refractivity contribution < 1.29 is 33.0 Å². The average molecular weight is 582 g/mol. The summed E-state index contributed by atoms with van der Waals surface area (Å²) in [4.78, 5) is 29.8. The smallest absolute Gasteiger partial charge is 0.347 e. The topological polar surface area (TPSA) is 97.1 Å². The molecule has 0 aliphatic heterocycles. The van der Waals surface area contributed by atoms with Crippen LogP contribution in [0.15, 0.2) is 77.2 Å². The number of hydrogen-bond acceptors (Lipinski definition) is 8. The van der Waals surface area contributed by atoms with Crippen molar-refractivity contribution in [1.29, 1.82) is 0 Å². The number of ether oxygens (including phenoxy) is 4. The van der Waals surface area contributed by atoms with Gasteiger partial charge in [-0.1, -0.05) is 42.5 Å². The van der Waals surface area contributed by atoms with E-state index in [1.807, 2.05) is 73.7 Å². The van der Waals surface area contributed by atoms with Crippen molar-refractivity contribution in [3.63, 3.8) is 0 Å². The van der Waals surface area contributed by atoms with Crippen molar-refractivity contribution in [2.75, 3.05) is 13.7 Å². The third-order valence-electron chi connectivity index (χ3n) is 7.22. The Bertz CT molecular complexity index is 1610. The summed E-state index contributed by atoms with van der Waals surface area (Å²) < 4.78 is 28.8. The molecule has 1 unspecified atom stereocenters. The van der Waals surface area contributed by atoms with E-state index in [0.717, 1.165) is 16.7 Å². The number of methoxy groups -OCH3 is 1. The van der Waals surface area contributed by atoms with Crippen LogP contribution in [0.1, 0.15) is 59.1 Å². The first kappa shape index (κ1) is 29.6. The fourth-order valence-electron chi connectivity index (χ4n) is 4.95. The molecular weight excluding hydrogens is 546 g/mol. The number of aryl methyl sites for hydroxylation is 2. The van der Waals surface area contributed by atoms with Gasteiger partial charge in [-0.25, -0.2) is 9.78 Å². The van der Waals surface area contributed by atoms with Gasteiger partial charge in [0.2, 0.25) is 5.89 Å². The van der Waals surface area contributed by atoms with Gasteiger partial charge in [-0.05, 0) is 75.1 Å². The van der Waals surface area contributed by atoms with E-state index >= 15 is 0 Å². The van der Waals surface area contributed by atoms with Crippen LogP contribution in [0.3, 0.4) is 0 Å². The number of rotatable bonds is 13. The second kappa shape index (κ2) is 13.9. The fourth-order valence-corrected chi connectivity index (χ4v) is 4.95. The number of Topliss-reactive ketones (excluding diaryl/α,β-unsaturated/α-hetero) is 1. The minimum absolute atomic E-state index is 0.116. The van der Waals surface area contributed by atoms with E-state index in [9.17, 15) is 9.59 Å². The molecule has 0 spiro atoms. The Labute approximate surface area is 251 Å². The summed E-state index contributed by atoms with van der Waals surface area (Å²) in [6.45, 7) is 4.07. The number of aromatic nitrogens is 1. The number of carbonyl (C=O) groups excluding carboxylic acids is 2. The van der Waals surface area contributed by atoms with Crippen molar-refractivity contribution in [2.45, 2.75) is 52.2 Å². The van der Waals surface area contributed by atoms with Gasteiger partial charge in [-0.2, -0.15) is 0 Å². The highest BCUT2D eigenvalue weighted by atomic mass is 16.6. The average Bonchev–Trinajstić information content (AvgIpc) is 3.59.